The summed E-state index contributed by atoms with van der Waals surface area (Å²) < 4.78 is 42.5. The lowest BCUT2D eigenvalue weighted by Gasteiger charge is -2.12. The van der Waals surface area contributed by atoms with Crippen LogP contribution in [0, 0.1) is 0 Å². The van der Waals surface area contributed by atoms with E-state index < -0.39 is 18.4 Å². The molecule has 0 fully saturated rings. The van der Waals surface area contributed by atoms with Crippen molar-refractivity contribution in [3.63, 3.8) is 0 Å². The fourth-order valence-corrected chi connectivity index (χ4v) is 1.26. The van der Waals surface area contributed by atoms with Crippen LogP contribution in [0.15, 0.2) is 30.3 Å². The van der Waals surface area contributed by atoms with E-state index in [4.69, 9.17) is 9.84 Å². The molecule has 1 aromatic rings. The van der Waals surface area contributed by atoms with Crippen molar-refractivity contribution in [1.82, 2.24) is 0 Å². The number of allylic oxidation sites excluding steroid dienone is 1. The third-order valence-corrected chi connectivity index (χ3v) is 2.00. The molecular formula is C11H11F3O2. The minimum Gasteiger partial charge on any atom is -0.497 e. The molecule has 0 unspecified atom stereocenters. The number of hydrogen-bond acceptors (Lipinski definition) is 2. The first-order valence-electron chi connectivity index (χ1n) is 4.51. The van der Waals surface area contributed by atoms with Gasteiger partial charge in [0.05, 0.1) is 19.3 Å². The molecule has 88 valence electrons. The van der Waals surface area contributed by atoms with Crippen LogP contribution in [0.5, 0.6) is 5.75 Å². The molecule has 0 atom stereocenters. The van der Waals surface area contributed by atoms with Crippen LogP contribution in [-0.2, 0) is 0 Å². The summed E-state index contributed by atoms with van der Waals surface area (Å²) >= 11 is 0. The average Bonchev–Trinajstić information content (AvgIpc) is 2.25. The molecule has 0 aliphatic rings. The molecule has 0 bridgehead atoms. The lowest BCUT2D eigenvalue weighted by atomic mass is 10.1. The minimum atomic E-state index is -4.47. The van der Waals surface area contributed by atoms with Crippen molar-refractivity contribution in [3.05, 3.63) is 35.9 Å². The Morgan fingerprint density at radius 3 is 2.25 bits per heavy atom. The predicted octanol–water partition coefficient (Wildman–Crippen LogP) is 2.63. The van der Waals surface area contributed by atoms with Crippen molar-refractivity contribution in [2.75, 3.05) is 13.7 Å². The zero-order valence-electron chi connectivity index (χ0n) is 8.58. The number of ether oxygens (including phenoxy) is 1. The fourth-order valence-electron chi connectivity index (χ4n) is 1.26. The Morgan fingerprint density at radius 1 is 1.31 bits per heavy atom. The third kappa shape index (κ3) is 3.00. The maximum Gasteiger partial charge on any atom is 0.416 e. The molecular weight excluding hydrogens is 221 g/mol. The maximum absolute atomic E-state index is 12.6. The first-order valence-corrected chi connectivity index (χ1v) is 4.51. The number of aliphatic hydroxyl groups excluding tert-OH is 1. The van der Waals surface area contributed by atoms with Gasteiger partial charge < -0.3 is 9.84 Å². The van der Waals surface area contributed by atoms with Gasteiger partial charge in [-0.3, -0.25) is 0 Å². The predicted molar refractivity (Wildman–Crippen MR) is 54.1 cm³/mol. The molecule has 1 N–H and O–H groups in total. The number of methoxy groups -OCH3 is 1. The van der Waals surface area contributed by atoms with Crippen LogP contribution in [0.25, 0.3) is 5.57 Å². The van der Waals surface area contributed by atoms with Gasteiger partial charge in [0, 0.05) is 0 Å². The standard InChI is InChI=1S/C11H11F3O2/c1-16-9-4-2-8(3-5-9)10(6-7-15)11(12,13)14/h2-6,15H,7H2,1H3/b10-6+. The second-order valence-corrected chi connectivity index (χ2v) is 3.03. The molecule has 0 spiro atoms. The molecule has 16 heavy (non-hydrogen) atoms. The van der Waals surface area contributed by atoms with Crippen molar-refractivity contribution in [2.24, 2.45) is 0 Å². The van der Waals surface area contributed by atoms with E-state index in [1.165, 1.54) is 31.4 Å². The van der Waals surface area contributed by atoms with Gasteiger partial charge in [0.25, 0.3) is 0 Å². The molecule has 0 saturated carbocycles. The van der Waals surface area contributed by atoms with Crippen molar-refractivity contribution in [3.8, 4) is 5.75 Å². The molecule has 2 nitrogen and oxygen atoms in total. The van der Waals surface area contributed by atoms with E-state index in [-0.39, 0.29) is 5.56 Å². The van der Waals surface area contributed by atoms with E-state index in [2.05, 4.69) is 0 Å². The Labute approximate surface area is 91.0 Å². The van der Waals surface area contributed by atoms with E-state index in [9.17, 15) is 13.2 Å². The summed E-state index contributed by atoms with van der Waals surface area (Å²) in [5.74, 6) is 0.481. The Hall–Kier alpha value is -1.49. The highest BCUT2D eigenvalue weighted by molar-refractivity contribution is 5.70. The van der Waals surface area contributed by atoms with Crippen LogP contribution in [0.3, 0.4) is 0 Å². The van der Waals surface area contributed by atoms with Crippen LogP contribution in [0.2, 0.25) is 0 Å². The Bertz CT molecular complexity index is 366. The summed E-state index contributed by atoms with van der Waals surface area (Å²) in [5.41, 5.74) is -0.847. The highest BCUT2D eigenvalue weighted by atomic mass is 19.4. The summed E-state index contributed by atoms with van der Waals surface area (Å²) in [7, 11) is 1.43. The van der Waals surface area contributed by atoms with Crippen LogP contribution in [0.4, 0.5) is 13.2 Å². The number of halogens is 3. The molecule has 0 saturated heterocycles. The second-order valence-electron chi connectivity index (χ2n) is 3.03. The van der Waals surface area contributed by atoms with Crippen molar-refractivity contribution >= 4 is 5.57 Å². The number of hydrogen-bond donors (Lipinski definition) is 1. The number of rotatable bonds is 3. The Balaban J connectivity index is 3.08. The van der Waals surface area contributed by atoms with Gasteiger partial charge in [-0.1, -0.05) is 12.1 Å². The van der Waals surface area contributed by atoms with Crippen LogP contribution >= 0.6 is 0 Å². The molecule has 5 heteroatoms. The summed E-state index contributed by atoms with van der Waals surface area (Å²) in [6.07, 6.45) is -3.74. The monoisotopic (exact) mass is 232 g/mol. The normalized spacial score (nSPS) is 12.7. The average molecular weight is 232 g/mol. The van der Waals surface area contributed by atoms with E-state index in [1.807, 2.05) is 0 Å². The Morgan fingerprint density at radius 2 is 1.88 bits per heavy atom. The molecule has 0 radical (unpaired) electrons. The van der Waals surface area contributed by atoms with Gasteiger partial charge in [-0.05, 0) is 23.8 Å². The van der Waals surface area contributed by atoms with E-state index in [0.717, 1.165) is 6.08 Å². The number of aliphatic hydroxyl groups is 1. The van der Waals surface area contributed by atoms with E-state index >= 15 is 0 Å². The SMILES string of the molecule is COc1ccc(/C(=C\CO)C(F)(F)F)cc1. The lowest BCUT2D eigenvalue weighted by Crippen LogP contribution is -2.11. The molecule has 0 aromatic heterocycles. The van der Waals surface area contributed by atoms with Crippen molar-refractivity contribution < 1.29 is 23.0 Å². The number of benzene rings is 1. The molecule has 0 aliphatic heterocycles. The van der Waals surface area contributed by atoms with Gasteiger partial charge in [0.1, 0.15) is 5.75 Å². The van der Waals surface area contributed by atoms with Gasteiger partial charge in [-0.15, -0.1) is 0 Å². The smallest absolute Gasteiger partial charge is 0.416 e. The molecule has 1 aromatic carbocycles. The summed E-state index contributed by atoms with van der Waals surface area (Å²) in [6, 6.07) is 5.47. The third-order valence-electron chi connectivity index (χ3n) is 2.00. The van der Waals surface area contributed by atoms with Crippen LogP contribution in [-0.4, -0.2) is 25.0 Å². The summed E-state index contributed by atoms with van der Waals surface area (Å²) in [5, 5.41) is 8.56. The molecule has 0 aliphatic carbocycles. The van der Waals surface area contributed by atoms with Crippen LogP contribution in [0.1, 0.15) is 5.56 Å². The van der Waals surface area contributed by atoms with Gasteiger partial charge in [-0.2, -0.15) is 13.2 Å². The van der Waals surface area contributed by atoms with E-state index in [0.29, 0.717) is 5.75 Å². The topological polar surface area (TPSA) is 29.5 Å². The van der Waals surface area contributed by atoms with Gasteiger partial charge in [-0.25, -0.2) is 0 Å². The lowest BCUT2D eigenvalue weighted by molar-refractivity contribution is -0.0692. The van der Waals surface area contributed by atoms with Crippen molar-refractivity contribution in [1.29, 1.82) is 0 Å². The molecule has 0 heterocycles. The van der Waals surface area contributed by atoms with E-state index in [1.54, 1.807) is 0 Å². The highest BCUT2D eigenvalue weighted by Gasteiger charge is 2.34. The first kappa shape index (κ1) is 12.6. The zero-order valence-corrected chi connectivity index (χ0v) is 8.58. The largest absolute Gasteiger partial charge is 0.497 e. The number of alkyl halides is 3. The first-order chi connectivity index (χ1) is 7.49. The Kier molecular flexibility index (Phi) is 3.95. The summed E-state index contributed by atoms with van der Waals surface area (Å²) in [6.45, 7) is -0.652. The quantitative estimate of drug-likeness (QED) is 0.868. The minimum absolute atomic E-state index is 0.00218. The van der Waals surface area contributed by atoms with Gasteiger partial charge in [0.15, 0.2) is 0 Å². The van der Waals surface area contributed by atoms with Gasteiger partial charge in [0.2, 0.25) is 0 Å². The second kappa shape index (κ2) is 5.03. The highest BCUT2D eigenvalue weighted by Crippen LogP contribution is 2.34. The molecule has 0 amide bonds. The zero-order chi connectivity index (χ0) is 12.2. The van der Waals surface area contributed by atoms with Crippen LogP contribution < -0.4 is 4.74 Å². The van der Waals surface area contributed by atoms with Crippen molar-refractivity contribution in [2.45, 2.75) is 6.18 Å². The fraction of sp³-hybridized carbons (Fsp3) is 0.273. The summed E-state index contributed by atoms with van der Waals surface area (Å²) in [4.78, 5) is 0. The maximum atomic E-state index is 12.6. The molecule has 1 rings (SSSR count). The van der Waals surface area contributed by atoms with Gasteiger partial charge >= 0.3 is 6.18 Å².